The van der Waals surface area contributed by atoms with Crippen LogP contribution in [0.2, 0.25) is 0 Å². The topological polar surface area (TPSA) is 92.3 Å². The monoisotopic (exact) mass is 692 g/mol. The first-order chi connectivity index (χ1) is 20.3. The molecule has 0 heterocycles. The molecule has 10 nitrogen and oxygen atoms in total. The molecular weight excluding hydrogens is 624 g/mol. The van der Waals surface area contributed by atoms with Crippen LogP contribution < -0.4 is 0 Å². The SMILES string of the molecule is CCC[O][Ti]([O]CCC)([O][Si](OC(C)CC)(OC(C)CC)OC(C)CC)[O][Si](OC(C)CC)(OC(C)CC)OC(C)CC. The van der Waals surface area contributed by atoms with Gasteiger partial charge in [-0.1, -0.05) is 0 Å². The molecular formula is C30H68O10Si2Ti. The fourth-order valence-electron chi connectivity index (χ4n) is 3.23. The van der Waals surface area contributed by atoms with E-state index in [2.05, 4.69) is 41.5 Å². The summed E-state index contributed by atoms with van der Waals surface area (Å²) in [4.78, 5) is 0. The third kappa shape index (κ3) is 16.9. The molecule has 0 aliphatic carbocycles. The maximum absolute atomic E-state index is 7.04. The van der Waals surface area contributed by atoms with Crippen molar-refractivity contribution in [2.45, 2.75) is 185 Å². The van der Waals surface area contributed by atoms with Gasteiger partial charge in [-0.15, -0.1) is 0 Å². The van der Waals surface area contributed by atoms with Gasteiger partial charge in [0.2, 0.25) is 0 Å². The van der Waals surface area contributed by atoms with Crippen LogP contribution in [0.4, 0.5) is 0 Å². The van der Waals surface area contributed by atoms with Gasteiger partial charge in [0.15, 0.2) is 0 Å². The second-order valence-corrected chi connectivity index (χ2v) is 19.6. The fraction of sp³-hybridized carbons (Fsp3) is 1.00. The molecule has 260 valence electrons. The van der Waals surface area contributed by atoms with Crippen molar-refractivity contribution in [1.82, 2.24) is 0 Å². The quantitative estimate of drug-likeness (QED) is 0.0744. The van der Waals surface area contributed by atoms with Crippen LogP contribution in [0.25, 0.3) is 0 Å². The van der Waals surface area contributed by atoms with Crippen molar-refractivity contribution >= 4 is 18.1 Å². The molecule has 6 unspecified atom stereocenters. The van der Waals surface area contributed by atoms with Gasteiger partial charge in [0, 0.05) is 0 Å². The van der Waals surface area contributed by atoms with Gasteiger partial charge < -0.3 is 0 Å². The first-order valence-corrected chi connectivity index (χ1v) is 22.8. The summed E-state index contributed by atoms with van der Waals surface area (Å²) < 4.78 is 67.1. The average molecular weight is 693 g/mol. The Morgan fingerprint density at radius 3 is 0.767 bits per heavy atom. The Labute approximate surface area is 272 Å². The van der Waals surface area contributed by atoms with Gasteiger partial charge in [0.05, 0.1) is 0 Å². The minimum absolute atomic E-state index is 0.205. The summed E-state index contributed by atoms with van der Waals surface area (Å²) in [6, 6.07) is 0. The number of rotatable bonds is 28. The molecule has 0 aromatic heterocycles. The molecule has 0 saturated heterocycles. The summed E-state index contributed by atoms with van der Waals surface area (Å²) in [6.45, 7) is 29.0. The summed E-state index contributed by atoms with van der Waals surface area (Å²) >= 11 is -4.94. The molecule has 0 rings (SSSR count). The van der Waals surface area contributed by atoms with Crippen LogP contribution in [-0.2, 0) is 57.3 Å². The molecule has 0 radical (unpaired) electrons. The van der Waals surface area contributed by atoms with Crippen LogP contribution in [0.15, 0.2) is 0 Å². The van der Waals surface area contributed by atoms with Crippen molar-refractivity contribution in [1.29, 1.82) is 0 Å². The predicted molar refractivity (Wildman–Crippen MR) is 171 cm³/mol. The molecule has 0 amide bonds. The Balaban J connectivity index is 7.44. The molecule has 0 saturated carbocycles. The van der Waals surface area contributed by atoms with E-state index in [-0.39, 0.29) is 36.6 Å². The normalized spacial score (nSPS) is 19.7. The molecule has 0 fully saturated rings. The van der Waals surface area contributed by atoms with Crippen molar-refractivity contribution < 1.29 is 57.3 Å². The number of hydrogen-bond acceptors (Lipinski definition) is 10. The molecule has 0 N–H and O–H groups in total. The number of hydrogen-bond donors (Lipinski definition) is 0. The Kier molecular flexibility index (Phi) is 23.5. The van der Waals surface area contributed by atoms with Crippen LogP contribution in [0, 0.1) is 0 Å². The zero-order chi connectivity index (χ0) is 33.1. The molecule has 0 aromatic rings. The van der Waals surface area contributed by atoms with Gasteiger partial charge in [-0.05, 0) is 0 Å². The van der Waals surface area contributed by atoms with E-state index < -0.39 is 36.2 Å². The first-order valence-electron chi connectivity index (χ1n) is 17.0. The Hall–Kier alpha value is 0.748. The van der Waals surface area contributed by atoms with E-state index in [1.54, 1.807) is 0 Å². The first kappa shape index (κ1) is 43.7. The standard InChI is InChI=1S/2C12H27O4Si.2C3H7O.Ti/c2*1-7-10(4)14-17(13,15-11(5)8-2)16-12(6)9-3;2*1-2-3-4;/h2*10-12H,7-9H2,1-6H3;2*2-3H2,1H3;/q4*-1;+4. The maximum atomic E-state index is 7.04. The van der Waals surface area contributed by atoms with Gasteiger partial charge in [0.25, 0.3) is 0 Å². The van der Waals surface area contributed by atoms with Gasteiger partial charge in [-0.25, -0.2) is 0 Å². The summed E-state index contributed by atoms with van der Waals surface area (Å²) in [5.74, 6) is 0. The summed E-state index contributed by atoms with van der Waals surface area (Å²) in [6.07, 6.45) is 4.63. The second kappa shape index (κ2) is 23.1. The zero-order valence-electron chi connectivity index (χ0n) is 30.1. The minimum atomic E-state index is -4.94. The van der Waals surface area contributed by atoms with Crippen molar-refractivity contribution in [3.63, 3.8) is 0 Å². The van der Waals surface area contributed by atoms with Gasteiger partial charge in [-0.3, -0.25) is 0 Å². The molecule has 0 aromatic carbocycles. The Bertz CT molecular complexity index is 577. The van der Waals surface area contributed by atoms with E-state index in [4.69, 9.17) is 39.2 Å². The fourth-order valence-corrected chi connectivity index (χ4v) is 16.3. The van der Waals surface area contributed by atoms with Gasteiger partial charge >= 0.3 is 274 Å². The molecule has 43 heavy (non-hydrogen) atoms. The average Bonchev–Trinajstić information content (AvgIpc) is 2.98. The van der Waals surface area contributed by atoms with Crippen LogP contribution in [-0.4, -0.2) is 67.9 Å². The van der Waals surface area contributed by atoms with Crippen molar-refractivity contribution in [2.75, 3.05) is 13.2 Å². The van der Waals surface area contributed by atoms with E-state index in [1.165, 1.54) is 0 Å². The third-order valence-corrected chi connectivity index (χ3v) is 18.6. The molecule has 13 heteroatoms. The van der Waals surface area contributed by atoms with Crippen molar-refractivity contribution in [2.24, 2.45) is 0 Å². The van der Waals surface area contributed by atoms with Crippen LogP contribution in [0.5, 0.6) is 0 Å². The van der Waals surface area contributed by atoms with E-state index in [0.717, 1.165) is 38.5 Å². The van der Waals surface area contributed by atoms with Crippen molar-refractivity contribution in [3.05, 3.63) is 0 Å². The van der Waals surface area contributed by atoms with E-state index in [1.807, 2.05) is 55.4 Å². The van der Waals surface area contributed by atoms with E-state index in [9.17, 15) is 0 Å². The Morgan fingerprint density at radius 2 is 0.605 bits per heavy atom. The molecule has 0 aliphatic rings. The van der Waals surface area contributed by atoms with Gasteiger partial charge in [0.1, 0.15) is 0 Å². The van der Waals surface area contributed by atoms with Crippen LogP contribution in [0.1, 0.15) is 148 Å². The van der Waals surface area contributed by atoms with Gasteiger partial charge in [-0.2, -0.15) is 0 Å². The summed E-state index contributed by atoms with van der Waals surface area (Å²) in [5.41, 5.74) is 0. The zero-order valence-corrected chi connectivity index (χ0v) is 33.7. The summed E-state index contributed by atoms with van der Waals surface area (Å²) in [5, 5.41) is 0. The molecule has 0 spiro atoms. The second-order valence-electron chi connectivity index (χ2n) is 11.4. The predicted octanol–water partition coefficient (Wildman–Crippen LogP) is 8.45. The molecule has 0 bridgehead atoms. The summed E-state index contributed by atoms with van der Waals surface area (Å²) in [7, 11) is -7.93. The van der Waals surface area contributed by atoms with Crippen LogP contribution >= 0.6 is 0 Å². The molecule has 6 atom stereocenters. The van der Waals surface area contributed by atoms with Crippen LogP contribution in [0.3, 0.4) is 0 Å². The van der Waals surface area contributed by atoms with Crippen molar-refractivity contribution in [3.8, 4) is 0 Å². The molecule has 0 aliphatic heterocycles. The Morgan fingerprint density at radius 1 is 0.395 bits per heavy atom. The third-order valence-electron chi connectivity index (χ3n) is 6.99. The van der Waals surface area contributed by atoms with E-state index in [0.29, 0.717) is 26.1 Å². The van der Waals surface area contributed by atoms with E-state index >= 15 is 0 Å².